The van der Waals surface area contributed by atoms with E-state index in [-0.39, 0.29) is 5.69 Å². The molecule has 1 atom stereocenters. The number of nitrogens with zero attached hydrogens (tertiary/aromatic N) is 1. The lowest BCUT2D eigenvalue weighted by Gasteiger charge is -2.09. The highest BCUT2D eigenvalue weighted by molar-refractivity contribution is 5.94. The van der Waals surface area contributed by atoms with Crippen LogP contribution in [0.2, 0.25) is 0 Å². The van der Waals surface area contributed by atoms with E-state index in [0.717, 1.165) is 12.1 Å². The lowest BCUT2D eigenvalue weighted by molar-refractivity contribution is -0.387. The molecule has 0 aliphatic heterocycles. The fourth-order valence-corrected chi connectivity index (χ4v) is 1.05. The van der Waals surface area contributed by atoms with E-state index >= 15 is 0 Å². The molecule has 0 saturated heterocycles. The van der Waals surface area contributed by atoms with E-state index in [1.54, 1.807) is 0 Å². The Hall–Kier alpha value is -2.06. The van der Waals surface area contributed by atoms with Gasteiger partial charge in [0.05, 0.1) is 11.5 Å². The summed E-state index contributed by atoms with van der Waals surface area (Å²) in [4.78, 5) is 20.7. The van der Waals surface area contributed by atoms with Crippen molar-refractivity contribution in [3.8, 4) is 0 Å². The number of carbonyl (C=O) groups excluding carboxylic acids is 1. The van der Waals surface area contributed by atoms with Crippen LogP contribution in [-0.2, 0) is 4.79 Å². The Morgan fingerprint density at radius 2 is 2.29 bits per heavy atom. The van der Waals surface area contributed by atoms with Crippen molar-refractivity contribution < 1.29 is 19.2 Å². The molecule has 1 aromatic carbocycles. The second-order valence-electron chi connectivity index (χ2n) is 3.20. The number of carbonyl (C=O) groups is 1. The number of halogens is 1. The minimum absolute atomic E-state index is 0.0296. The standard InChI is InChI=1S/C9H10FN3O4/c10-6-3-5(1-2-8(6)13(16)17)12-9(15)7(11)4-14/h1-3,7,14H,4,11H2,(H,12,15). The van der Waals surface area contributed by atoms with Gasteiger partial charge in [0.2, 0.25) is 11.7 Å². The zero-order valence-electron chi connectivity index (χ0n) is 8.59. The molecule has 1 rings (SSSR count). The third-order valence-electron chi connectivity index (χ3n) is 1.95. The number of anilines is 1. The average Bonchev–Trinajstić information content (AvgIpc) is 2.27. The van der Waals surface area contributed by atoms with Gasteiger partial charge in [-0.25, -0.2) is 0 Å². The van der Waals surface area contributed by atoms with Crippen LogP contribution in [0.4, 0.5) is 15.8 Å². The SMILES string of the molecule is NC(CO)C(=O)Nc1ccc([N+](=O)[O-])c(F)c1. The maximum Gasteiger partial charge on any atom is 0.304 e. The smallest absolute Gasteiger partial charge is 0.304 e. The number of nitro benzene ring substituents is 1. The molecule has 0 aliphatic rings. The first-order valence-electron chi connectivity index (χ1n) is 4.57. The number of aliphatic hydroxyl groups excluding tert-OH is 1. The molecule has 0 bridgehead atoms. The molecule has 0 aromatic heterocycles. The van der Waals surface area contributed by atoms with Crippen molar-refractivity contribution in [2.24, 2.45) is 5.73 Å². The third kappa shape index (κ3) is 3.20. The average molecular weight is 243 g/mol. The van der Waals surface area contributed by atoms with Crippen LogP contribution >= 0.6 is 0 Å². The van der Waals surface area contributed by atoms with Gasteiger partial charge in [-0.15, -0.1) is 0 Å². The van der Waals surface area contributed by atoms with E-state index < -0.39 is 35.0 Å². The lowest BCUT2D eigenvalue weighted by atomic mass is 10.2. The zero-order valence-corrected chi connectivity index (χ0v) is 8.59. The summed E-state index contributed by atoms with van der Waals surface area (Å²) in [7, 11) is 0. The zero-order chi connectivity index (χ0) is 13.0. The number of nitro groups is 1. The van der Waals surface area contributed by atoms with E-state index in [1.807, 2.05) is 0 Å². The van der Waals surface area contributed by atoms with E-state index in [0.29, 0.717) is 0 Å². The van der Waals surface area contributed by atoms with Gasteiger partial charge in [-0.2, -0.15) is 4.39 Å². The number of amides is 1. The van der Waals surface area contributed by atoms with Gasteiger partial charge < -0.3 is 16.2 Å². The van der Waals surface area contributed by atoms with Crippen molar-refractivity contribution in [2.45, 2.75) is 6.04 Å². The first kappa shape index (κ1) is 13.0. The molecule has 1 amide bonds. The van der Waals surface area contributed by atoms with Crippen LogP contribution in [0.15, 0.2) is 18.2 Å². The lowest BCUT2D eigenvalue weighted by Crippen LogP contribution is -2.38. The number of benzene rings is 1. The first-order valence-corrected chi connectivity index (χ1v) is 4.57. The number of nitrogens with one attached hydrogen (secondary N) is 1. The molecule has 0 radical (unpaired) electrons. The third-order valence-corrected chi connectivity index (χ3v) is 1.95. The molecule has 7 nitrogen and oxygen atoms in total. The van der Waals surface area contributed by atoms with Crippen LogP contribution in [0, 0.1) is 15.9 Å². The number of hydrogen-bond acceptors (Lipinski definition) is 5. The first-order chi connectivity index (χ1) is 7.95. The maximum atomic E-state index is 13.2. The van der Waals surface area contributed by atoms with E-state index in [2.05, 4.69) is 5.32 Å². The molecule has 0 heterocycles. The van der Waals surface area contributed by atoms with Crippen molar-refractivity contribution >= 4 is 17.3 Å². The Labute approximate surface area is 95.2 Å². The Morgan fingerprint density at radius 1 is 1.65 bits per heavy atom. The van der Waals surface area contributed by atoms with E-state index in [1.165, 1.54) is 6.07 Å². The predicted octanol–water partition coefficient (Wildman–Crippen LogP) is -0.00800. The number of nitrogens with two attached hydrogens (primary N) is 1. The monoisotopic (exact) mass is 243 g/mol. The Morgan fingerprint density at radius 3 is 2.76 bits per heavy atom. The molecule has 17 heavy (non-hydrogen) atoms. The second kappa shape index (κ2) is 5.32. The van der Waals surface area contributed by atoms with Crippen LogP contribution in [0.1, 0.15) is 0 Å². The molecular formula is C9H10FN3O4. The van der Waals surface area contributed by atoms with Gasteiger partial charge in [0, 0.05) is 17.8 Å². The topological polar surface area (TPSA) is 118 Å². The fourth-order valence-electron chi connectivity index (χ4n) is 1.05. The summed E-state index contributed by atoms with van der Waals surface area (Å²) in [5.74, 6) is -1.77. The van der Waals surface area contributed by atoms with Crippen LogP contribution in [-0.4, -0.2) is 28.6 Å². The Bertz CT molecular complexity index is 452. The van der Waals surface area contributed by atoms with E-state index in [9.17, 15) is 19.3 Å². The molecule has 4 N–H and O–H groups in total. The summed E-state index contributed by atoms with van der Waals surface area (Å²) in [6.45, 7) is -0.554. The normalized spacial score (nSPS) is 11.9. The highest BCUT2D eigenvalue weighted by atomic mass is 19.1. The highest BCUT2D eigenvalue weighted by Gasteiger charge is 2.16. The van der Waals surface area contributed by atoms with E-state index in [4.69, 9.17) is 10.8 Å². The minimum atomic E-state index is -1.13. The molecule has 0 spiro atoms. The van der Waals surface area contributed by atoms with Crippen LogP contribution in [0.5, 0.6) is 0 Å². The maximum absolute atomic E-state index is 13.2. The van der Waals surface area contributed by atoms with Gasteiger partial charge in [-0.05, 0) is 6.07 Å². The number of hydrogen-bond donors (Lipinski definition) is 3. The quantitative estimate of drug-likeness (QED) is 0.507. The Balaban J connectivity index is 2.84. The minimum Gasteiger partial charge on any atom is -0.394 e. The number of aliphatic hydroxyl groups is 1. The van der Waals surface area contributed by atoms with Crippen LogP contribution in [0.25, 0.3) is 0 Å². The molecule has 8 heteroatoms. The van der Waals surface area contributed by atoms with Gasteiger partial charge in [0.1, 0.15) is 6.04 Å². The summed E-state index contributed by atoms with van der Waals surface area (Å²) >= 11 is 0. The predicted molar refractivity (Wildman–Crippen MR) is 56.7 cm³/mol. The van der Waals surface area contributed by atoms with Crippen molar-refractivity contribution in [1.82, 2.24) is 0 Å². The van der Waals surface area contributed by atoms with Gasteiger partial charge >= 0.3 is 5.69 Å². The summed E-state index contributed by atoms with van der Waals surface area (Å²) in [6.07, 6.45) is 0. The molecule has 0 fully saturated rings. The molecule has 0 aliphatic carbocycles. The second-order valence-corrected chi connectivity index (χ2v) is 3.20. The number of rotatable bonds is 4. The molecule has 0 saturated carbocycles. The highest BCUT2D eigenvalue weighted by Crippen LogP contribution is 2.20. The molecule has 1 unspecified atom stereocenters. The summed E-state index contributed by atoms with van der Waals surface area (Å²) < 4.78 is 13.2. The Kier molecular flexibility index (Phi) is 4.07. The van der Waals surface area contributed by atoms with Crippen molar-refractivity contribution in [1.29, 1.82) is 0 Å². The van der Waals surface area contributed by atoms with Crippen molar-refractivity contribution in [2.75, 3.05) is 11.9 Å². The van der Waals surface area contributed by atoms with Gasteiger partial charge in [-0.1, -0.05) is 0 Å². The molecule has 1 aromatic rings. The molecular weight excluding hydrogens is 233 g/mol. The summed E-state index contributed by atoms with van der Waals surface area (Å²) in [5.41, 5.74) is 4.56. The van der Waals surface area contributed by atoms with Gasteiger partial charge in [0.15, 0.2) is 0 Å². The van der Waals surface area contributed by atoms with Gasteiger partial charge in [0.25, 0.3) is 0 Å². The van der Waals surface area contributed by atoms with Gasteiger partial charge in [-0.3, -0.25) is 14.9 Å². The van der Waals surface area contributed by atoms with Crippen molar-refractivity contribution in [3.05, 3.63) is 34.1 Å². The largest absolute Gasteiger partial charge is 0.394 e. The summed E-state index contributed by atoms with van der Waals surface area (Å²) in [6, 6.07) is 1.77. The summed E-state index contributed by atoms with van der Waals surface area (Å²) in [5, 5.41) is 21.2. The van der Waals surface area contributed by atoms with Crippen LogP contribution < -0.4 is 11.1 Å². The van der Waals surface area contributed by atoms with Crippen molar-refractivity contribution in [3.63, 3.8) is 0 Å². The fraction of sp³-hybridized carbons (Fsp3) is 0.222. The molecule has 92 valence electrons. The van der Waals surface area contributed by atoms with Crippen LogP contribution in [0.3, 0.4) is 0 Å².